The van der Waals surface area contributed by atoms with E-state index in [2.05, 4.69) is 53.2 Å². The molecular formula is C14H19N3. The number of aromatic nitrogens is 2. The summed E-state index contributed by atoms with van der Waals surface area (Å²) < 4.78 is 2.08. The quantitative estimate of drug-likeness (QED) is 0.872. The number of nitrogens with zero attached hydrogens (tertiary/aromatic N) is 2. The summed E-state index contributed by atoms with van der Waals surface area (Å²) in [6.07, 6.45) is 0. The van der Waals surface area contributed by atoms with Crippen molar-refractivity contribution >= 4 is 0 Å². The van der Waals surface area contributed by atoms with Gasteiger partial charge in [-0.3, -0.25) is 4.68 Å². The van der Waals surface area contributed by atoms with E-state index in [4.69, 9.17) is 0 Å². The first-order chi connectivity index (χ1) is 8.24. The Morgan fingerprint density at radius 1 is 1.18 bits per heavy atom. The Labute approximate surface area is 102 Å². The number of likely N-dealkylation sites (N-methyl/N-ethyl adjacent to an activating group) is 1. The maximum atomic E-state index is 4.60. The van der Waals surface area contributed by atoms with Gasteiger partial charge in [0.15, 0.2) is 0 Å². The SMILES string of the molecule is CNCCn1nc(C)c(-c2ccccc2)c1C. The van der Waals surface area contributed by atoms with Crippen LogP contribution in [-0.2, 0) is 6.54 Å². The summed E-state index contributed by atoms with van der Waals surface area (Å²) in [5.41, 5.74) is 4.86. The zero-order valence-corrected chi connectivity index (χ0v) is 10.7. The second kappa shape index (κ2) is 5.15. The van der Waals surface area contributed by atoms with Crippen LogP contribution in [0, 0.1) is 13.8 Å². The molecule has 0 saturated heterocycles. The summed E-state index contributed by atoms with van der Waals surface area (Å²) in [5, 5.41) is 7.75. The first-order valence-electron chi connectivity index (χ1n) is 5.98. The van der Waals surface area contributed by atoms with Crippen LogP contribution in [0.3, 0.4) is 0 Å². The molecule has 2 aromatic rings. The van der Waals surface area contributed by atoms with Gasteiger partial charge in [0.1, 0.15) is 0 Å². The van der Waals surface area contributed by atoms with Crippen molar-refractivity contribution in [3.05, 3.63) is 41.7 Å². The van der Waals surface area contributed by atoms with E-state index in [1.165, 1.54) is 16.8 Å². The van der Waals surface area contributed by atoms with E-state index in [9.17, 15) is 0 Å². The van der Waals surface area contributed by atoms with E-state index >= 15 is 0 Å². The molecule has 0 aliphatic rings. The molecule has 3 heteroatoms. The van der Waals surface area contributed by atoms with Crippen LogP contribution < -0.4 is 5.32 Å². The fraction of sp³-hybridized carbons (Fsp3) is 0.357. The van der Waals surface area contributed by atoms with Crippen molar-refractivity contribution in [1.82, 2.24) is 15.1 Å². The number of nitrogens with one attached hydrogen (secondary N) is 1. The zero-order valence-electron chi connectivity index (χ0n) is 10.7. The molecule has 0 bridgehead atoms. The maximum Gasteiger partial charge on any atom is 0.0674 e. The molecule has 0 atom stereocenters. The van der Waals surface area contributed by atoms with Crippen LogP contribution in [0.1, 0.15) is 11.4 Å². The van der Waals surface area contributed by atoms with Gasteiger partial charge in [0.05, 0.1) is 12.2 Å². The van der Waals surface area contributed by atoms with Crippen molar-refractivity contribution in [2.45, 2.75) is 20.4 Å². The van der Waals surface area contributed by atoms with E-state index in [0.29, 0.717) is 0 Å². The molecule has 17 heavy (non-hydrogen) atoms. The first-order valence-corrected chi connectivity index (χ1v) is 5.98. The Balaban J connectivity index is 2.38. The van der Waals surface area contributed by atoms with E-state index < -0.39 is 0 Å². The summed E-state index contributed by atoms with van der Waals surface area (Å²) in [6, 6.07) is 10.5. The van der Waals surface area contributed by atoms with Crippen LogP contribution in [0.25, 0.3) is 11.1 Å². The molecule has 0 radical (unpaired) electrons. The van der Waals surface area contributed by atoms with Gasteiger partial charge in [0.25, 0.3) is 0 Å². The topological polar surface area (TPSA) is 29.9 Å². The molecule has 0 unspecified atom stereocenters. The second-order valence-corrected chi connectivity index (χ2v) is 4.24. The van der Waals surface area contributed by atoms with Crippen LogP contribution >= 0.6 is 0 Å². The molecular weight excluding hydrogens is 210 g/mol. The predicted molar refractivity (Wildman–Crippen MR) is 71.1 cm³/mol. The highest BCUT2D eigenvalue weighted by Crippen LogP contribution is 2.26. The highest BCUT2D eigenvalue weighted by molar-refractivity contribution is 5.68. The highest BCUT2D eigenvalue weighted by Gasteiger charge is 2.12. The van der Waals surface area contributed by atoms with Crippen LogP contribution in [-0.4, -0.2) is 23.4 Å². The zero-order chi connectivity index (χ0) is 12.3. The molecule has 90 valence electrons. The van der Waals surface area contributed by atoms with Gasteiger partial charge >= 0.3 is 0 Å². The predicted octanol–water partition coefficient (Wildman–Crippen LogP) is 2.39. The highest BCUT2D eigenvalue weighted by atomic mass is 15.3. The average molecular weight is 229 g/mol. The second-order valence-electron chi connectivity index (χ2n) is 4.24. The van der Waals surface area contributed by atoms with Crippen molar-refractivity contribution in [3.63, 3.8) is 0 Å². The third-order valence-electron chi connectivity index (χ3n) is 3.02. The Kier molecular flexibility index (Phi) is 3.59. The summed E-state index contributed by atoms with van der Waals surface area (Å²) in [6.45, 7) is 6.06. The lowest BCUT2D eigenvalue weighted by Gasteiger charge is -2.05. The minimum Gasteiger partial charge on any atom is -0.318 e. The Morgan fingerprint density at radius 2 is 1.88 bits per heavy atom. The van der Waals surface area contributed by atoms with Crippen molar-refractivity contribution < 1.29 is 0 Å². The molecule has 1 aromatic carbocycles. The monoisotopic (exact) mass is 229 g/mol. The maximum absolute atomic E-state index is 4.60. The third-order valence-corrected chi connectivity index (χ3v) is 3.02. The lowest BCUT2D eigenvalue weighted by atomic mass is 10.0. The van der Waals surface area contributed by atoms with Crippen molar-refractivity contribution in [1.29, 1.82) is 0 Å². The molecule has 0 spiro atoms. The van der Waals surface area contributed by atoms with Gasteiger partial charge in [0.2, 0.25) is 0 Å². The van der Waals surface area contributed by atoms with Gasteiger partial charge in [0, 0.05) is 17.8 Å². The van der Waals surface area contributed by atoms with E-state index in [1.807, 2.05) is 13.1 Å². The lowest BCUT2D eigenvalue weighted by Crippen LogP contribution is -2.16. The number of hydrogen-bond donors (Lipinski definition) is 1. The summed E-state index contributed by atoms with van der Waals surface area (Å²) in [5.74, 6) is 0. The number of aryl methyl sites for hydroxylation is 1. The van der Waals surface area contributed by atoms with Gasteiger partial charge < -0.3 is 5.32 Å². The van der Waals surface area contributed by atoms with E-state index in [0.717, 1.165) is 18.8 Å². The molecule has 1 heterocycles. The summed E-state index contributed by atoms with van der Waals surface area (Å²) >= 11 is 0. The number of rotatable bonds is 4. The van der Waals surface area contributed by atoms with Gasteiger partial charge in [-0.05, 0) is 26.5 Å². The Morgan fingerprint density at radius 3 is 2.53 bits per heavy atom. The molecule has 2 rings (SSSR count). The lowest BCUT2D eigenvalue weighted by molar-refractivity contribution is 0.569. The smallest absolute Gasteiger partial charge is 0.0674 e. The van der Waals surface area contributed by atoms with Crippen molar-refractivity contribution in [3.8, 4) is 11.1 Å². The Bertz CT molecular complexity index is 486. The molecule has 1 N–H and O–H groups in total. The van der Waals surface area contributed by atoms with E-state index in [1.54, 1.807) is 0 Å². The molecule has 0 fully saturated rings. The largest absolute Gasteiger partial charge is 0.318 e. The van der Waals surface area contributed by atoms with Gasteiger partial charge in [-0.25, -0.2) is 0 Å². The summed E-state index contributed by atoms with van der Waals surface area (Å²) in [4.78, 5) is 0. The molecule has 3 nitrogen and oxygen atoms in total. The minimum absolute atomic E-state index is 0.913. The summed E-state index contributed by atoms with van der Waals surface area (Å²) in [7, 11) is 1.96. The fourth-order valence-corrected chi connectivity index (χ4v) is 2.15. The van der Waals surface area contributed by atoms with Crippen LogP contribution in [0.2, 0.25) is 0 Å². The molecule has 0 saturated carbocycles. The van der Waals surface area contributed by atoms with Gasteiger partial charge in [-0.1, -0.05) is 30.3 Å². The third kappa shape index (κ3) is 2.39. The van der Waals surface area contributed by atoms with Crippen molar-refractivity contribution in [2.75, 3.05) is 13.6 Å². The van der Waals surface area contributed by atoms with Gasteiger partial charge in [-0.2, -0.15) is 5.10 Å². The van der Waals surface area contributed by atoms with Gasteiger partial charge in [-0.15, -0.1) is 0 Å². The fourth-order valence-electron chi connectivity index (χ4n) is 2.15. The molecule has 0 aliphatic carbocycles. The van der Waals surface area contributed by atoms with Crippen molar-refractivity contribution in [2.24, 2.45) is 0 Å². The first kappa shape index (κ1) is 11.9. The molecule has 0 amide bonds. The standard InChI is InChI=1S/C14H19N3/c1-11-14(13-7-5-4-6-8-13)12(2)17(16-11)10-9-15-3/h4-8,15H,9-10H2,1-3H3. The Hall–Kier alpha value is -1.61. The molecule has 0 aliphatic heterocycles. The van der Waals surface area contributed by atoms with E-state index in [-0.39, 0.29) is 0 Å². The normalized spacial score (nSPS) is 10.8. The van der Waals surface area contributed by atoms with Crippen LogP contribution in [0.5, 0.6) is 0 Å². The molecule has 1 aromatic heterocycles. The number of benzene rings is 1. The number of hydrogen-bond acceptors (Lipinski definition) is 2. The minimum atomic E-state index is 0.913. The average Bonchev–Trinajstić information content (AvgIpc) is 2.63. The van der Waals surface area contributed by atoms with Crippen LogP contribution in [0.15, 0.2) is 30.3 Å². The van der Waals surface area contributed by atoms with Crippen LogP contribution in [0.4, 0.5) is 0 Å².